The van der Waals surface area contributed by atoms with Crippen molar-refractivity contribution in [2.75, 3.05) is 7.11 Å². The number of benzene rings is 1. The zero-order chi connectivity index (χ0) is 11.8. The van der Waals surface area contributed by atoms with E-state index >= 15 is 0 Å². The predicted molar refractivity (Wildman–Crippen MR) is 59.2 cm³/mol. The number of ketones is 1. The molecule has 3 heteroatoms. The fraction of sp³-hybridized carbons (Fsp3) is 0.385. The maximum absolute atomic E-state index is 12.2. The number of carbonyl (C=O) groups is 2. The molecule has 0 amide bonds. The van der Waals surface area contributed by atoms with E-state index in [0.29, 0.717) is 18.4 Å². The van der Waals surface area contributed by atoms with E-state index in [4.69, 9.17) is 4.74 Å². The van der Waals surface area contributed by atoms with Crippen LogP contribution in [0.1, 0.15) is 29.3 Å². The van der Waals surface area contributed by atoms with Gasteiger partial charge in [0.15, 0.2) is 5.78 Å². The summed E-state index contributed by atoms with van der Waals surface area (Å²) in [6, 6.07) is 7.38. The van der Waals surface area contributed by atoms with E-state index in [-0.39, 0.29) is 5.78 Å². The lowest BCUT2D eigenvalue weighted by atomic mass is 9.81. The number of esters is 1. The van der Waals surface area contributed by atoms with E-state index < -0.39 is 11.4 Å². The average molecular weight is 218 g/mol. The summed E-state index contributed by atoms with van der Waals surface area (Å²) in [5.41, 5.74) is 0.618. The van der Waals surface area contributed by atoms with Crippen molar-refractivity contribution < 1.29 is 14.3 Å². The Balaban J connectivity index is 2.49. The number of fused-ring (bicyclic) bond motifs is 1. The molecule has 0 aliphatic heterocycles. The first-order chi connectivity index (χ1) is 7.65. The van der Waals surface area contributed by atoms with Gasteiger partial charge in [-0.1, -0.05) is 31.2 Å². The third-order valence-electron chi connectivity index (χ3n) is 3.37. The van der Waals surface area contributed by atoms with Gasteiger partial charge in [-0.05, 0) is 18.4 Å². The van der Waals surface area contributed by atoms with Crippen LogP contribution in [0, 0.1) is 5.41 Å². The summed E-state index contributed by atoms with van der Waals surface area (Å²) in [7, 11) is 1.33. The van der Waals surface area contributed by atoms with Crippen molar-refractivity contribution in [3.63, 3.8) is 0 Å². The smallest absolute Gasteiger partial charge is 0.320 e. The van der Waals surface area contributed by atoms with Crippen molar-refractivity contribution in [2.45, 2.75) is 19.8 Å². The summed E-state index contributed by atoms with van der Waals surface area (Å²) < 4.78 is 4.77. The highest BCUT2D eigenvalue weighted by Gasteiger charge is 2.50. The number of methoxy groups -OCH3 is 1. The molecule has 84 valence electrons. The Kier molecular flexibility index (Phi) is 2.54. The highest BCUT2D eigenvalue weighted by molar-refractivity contribution is 6.15. The second kappa shape index (κ2) is 3.74. The number of hydrogen-bond acceptors (Lipinski definition) is 3. The van der Waals surface area contributed by atoms with Gasteiger partial charge in [-0.2, -0.15) is 0 Å². The monoisotopic (exact) mass is 218 g/mol. The maximum Gasteiger partial charge on any atom is 0.320 e. The van der Waals surface area contributed by atoms with Gasteiger partial charge in [-0.15, -0.1) is 0 Å². The maximum atomic E-state index is 12.2. The summed E-state index contributed by atoms with van der Waals surface area (Å²) in [6.45, 7) is 1.85. The Morgan fingerprint density at radius 3 is 2.69 bits per heavy atom. The Morgan fingerprint density at radius 1 is 1.44 bits per heavy atom. The zero-order valence-electron chi connectivity index (χ0n) is 9.45. The minimum Gasteiger partial charge on any atom is -0.468 e. The van der Waals surface area contributed by atoms with Crippen molar-refractivity contribution in [1.82, 2.24) is 0 Å². The van der Waals surface area contributed by atoms with Crippen molar-refractivity contribution >= 4 is 11.8 Å². The molecular weight excluding hydrogens is 204 g/mol. The summed E-state index contributed by atoms with van der Waals surface area (Å²) in [5.74, 6) is -0.520. The third-order valence-corrected chi connectivity index (χ3v) is 3.37. The van der Waals surface area contributed by atoms with Crippen LogP contribution in [0.5, 0.6) is 0 Å². The van der Waals surface area contributed by atoms with Crippen LogP contribution in [-0.4, -0.2) is 18.9 Å². The van der Waals surface area contributed by atoms with Crippen LogP contribution in [0.2, 0.25) is 0 Å². The first-order valence-corrected chi connectivity index (χ1v) is 5.37. The number of rotatable bonds is 2. The van der Waals surface area contributed by atoms with Crippen molar-refractivity contribution in [1.29, 1.82) is 0 Å². The van der Waals surface area contributed by atoms with E-state index in [1.54, 1.807) is 6.07 Å². The van der Waals surface area contributed by atoms with Gasteiger partial charge in [-0.3, -0.25) is 9.59 Å². The molecule has 0 fully saturated rings. The molecule has 1 aromatic rings. The van der Waals surface area contributed by atoms with Gasteiger partial charge in [-0.25, -0.2) is 0 Å². The van der Waals surface area contributed by atoms with Gasteiger partial charge in [0, 0.05) is 5.56 Å². The van der Waals surface area contributed by atoms with Crippen LogP contribution < -0.4 is 0 Å². The number of hydrogen-bond donors (Lipinski definition) is 0. The molecule has 0 saturated heterocycles. The average Bonchev–Trinajstić information content (AvgIpc) is 2.63. The molecule has 0 radical (unpaired) electrons. The molecule has 1 unspecified atom stereocenters. The van der Waals surface area contributed by atoms with Gasteiger partial charge in [0.25, 0.3) is 0 Å². The normalized spacial score (nSPS) is 23.0. The molecule has 1 atom stereocenters. The molecule has 0 bridgehead atoms. The largest absolute Gasteiger partial charge is 0.468 e. The topological polar surface area (TPSA) is 43.4 Å². The van der Waals surface area contributed by atoms with Crippen LogP contribution >= 0.6 is 0 Å². The molecule has 1 aromatic carbocycles. The molecule has 16 heavy (non-hydrogen) atoms. The highest BCUT2D eigenvalue weighted by atomic mass is 16.5. The van der Waals surface area contributed by atoms with Gasteiger partial charge in [0.05, 0.1) is 7.11 Å². The Hall–Kier alpha value is -1.64. The molecule has 0 spiro atoms. The Labute approximate surface area is 94.4 Å². The lowest BCUT2D eigenvalue weighted by Crippen LogP contribution is -2.37. The fourth-order valence-corrected chi connectivity index (χ4v) is 2.35. The minimum atomic E-state index is -0.988. The van der Waals surface area contributed by atoms with Crippen molar-refractivity contribution in [3.8, 4) is 0 Å². The van der Waals surface area contributed by atoms with Crippen molar-refractivity contribution in [2.24, 2.45) is 5.41 Å². The first kappa shape index (κ1) is 10.9. The molecule has 0 heterocycles. The molecule has 1 aliphatic rings. The molecular formula is C13H14O3. The SMILES string of the molecule is CCC1(C(=O)OC)Cc2ccccc2C1=O. The Morgan fingerprint density at radius 2 is 2.12 bits per heavy atom. The second-order valence-electron chi connectivity index (χ2n) is 4.09. The zero-order valence-corrected chi connectivity index (χ0v) is 9.45. The number of carbonyl (C=O) groups excluding carboxylic acids is 2. The highest BCUT2D eigenvalue weighted by Crippen LogP contribution is 2.40. The van der Waals surface area contributed by atoms with Crippen LogP contribution in [0.25, 0.3) is 0 Å². The van der Waals surface area contributed by atoms with E-state index in [1.165, 1.54) is 7.11 Å². The van der Waals surface area contributed by atoms with Gasteiger partial charge >= 0.3 is 5.97 Å². The quantitative estimate of drug-likeness (QED) is 0.563. The molecule has 3 nitrogen and oxygen atoms in total. The minimum absolute atomic E-state index is 0.0996. The van der Waals surface area contributed by atoms with Gasteiger partial charge in [0.1, 0.15) is 5.41 Å². The standard InChI is InChI=1S/C13H14O3/c1-3-13(12(15)16-2)8-9-6-4-5-7-10(9)11(13)14/h4-7H,3,8H2,1-2H3. The van der Waals surface area contributed by atoms with Crippen LogP contribution in [0.15, 0.2) is 24.3 Å². The lowest BCUT2D eigenvalue weighted by Gasteiger charge is -2.21. The molecule has 2 rings (SSSR count). The summed E-state index contributed by atoms with van der Waals surface area (Å²) >= 11 is 0. The predicted octanol–water partition coefficient (Wildman–Crippen LogP) is 1.99. The van der Waals surface area contributed by atoms with Gasteiger partial charge in [0.2, 0.25) is 0 Å². The second-order valence-corrected chi connectivity index (χ2v) is 4.09. The molecule has 0 aromatic heterocycles. The number of Topliss-reactive ketones (excluding diaryl/α,β-unsaturated/α-hetero) is 1. The van der Waals surface area contributed by atoms with Crippen LogP contribution in [0.3, 0.4) is 0 Å². The third kappa shape index (κ3) is 1.28. The Bertz CT molecular complexity index is 450. The van der Waals surface area contributed by atoms with E-state index in [0.717, 1.165) is 5.56 Å². The summed E-state index contributed by atoms with van der Waals surface area (Å²) in [4.78, 5) is 24.1. The van der Waals surface area contributed by atoms with Gasteiger partial charge < -0.3 is 4.74 Å². The van der Waals surface area contributed by atoms with Crippen LogP contribution in [-0.2, 0) is 16.0 Å². The molecule has 0 N–H and O–H groups in total. The number of ether oxygens (including phenoxy) is 1. The lowest BCUT2D eigenvalue weighted by molar-refractivity contribution is -0.149. The first-order valence-electron chi connectivity index (χ1n) is 5.37. The molecule has 0 saturated carbocycles. The van der Waals surface area contributed by atoms with E-state index in [2.05, 4.69) is 0 Å². The summed E-state index contributed by atoms with van der Waals surface area (Å²) in [6.07, 6.45) is 0.943. The van der Waals surface area contributed by atoms with E-state index in [9.17, 15) is 9.59 Å². The van der Waals surface area contributed by atoms with Crippen molar-refractivity contribution in [3.05, 3.63) is 35.4 Å². The fourth-order valence-electron chi connectivity index (χ4n) is 2.35. The van der Waals surface area contributed by atoms with E-state index in [1.807, 2.05) is 25.1 Å². The molecule has 1 aliphatic carbocycles. The van der Waals surface area contributed by atoms with Crippen LogP contribution in [0.4, 0.5) is 0 Å². The summed E-state index contributed by atoms with van der Waals surface area (Å²) in [5, 5.41) is 0.